The van der Waals surface area contributed by atoms with E-state index < -0.39 is 0 Å². The fourth-order valence-electron chi connectivity index (χ4n) is 2.12. The Morgan fingerprint density at radius 3 is 3.21 bits per heavy atom. The third-order valence-electron chi connectivity index (χ3n) is 3.12. The van der Waals surface area contributed by atoms with Crippen LogP contribution in [0.15, 0.2) is 4.52 Å². The van der Waals surface area contributed by atoms with E-state index in [0.29, 0.717) is 31.4 Å². The van der Waals surface area contributed by atoms with Gasteiger partial charge in [-0.05, 0) is 12.8 Å². The highest BCUT2D eigenvalue weighted by Crippen LogP contribution is 2.25. The van der Waals surface area contributed by atoms with Crippen molar-refractivity contribution < 1.29 is 14.1 Å². The molecular formula is C12H20N4O3. The number of ether oxygens (including phenoxy) is 1. The van der Waals surface area contributed by atoms with Gasteiger partial charge in [0.1, 0.15) is 6.61 Å². The lowest BCUT2D eigenvalue weighted by Crippen LogP contribution is -2.38. The first-order valence-electron chi connectivity index (χ1n) is 6.58. The second-order valence-corrected chi connectivity index (χ2v) is 4.64. The molecule has 19 heavy (non-hydrogen) atoms. The molecule has 1 atom stereocenters. The van der Waals surface area contributed by atoms with Crippen molar-refractivity contribution >= 4 is 6.03 Å². The smallest absolute Gasteiger partial charge is 0.317 e. The fourth-order valence-corrected chi connectivity index (χ4v) is 2.12. The zero-order chi connectivity index (χ0) is 13.7. The summed E-state index contributed by atoms with van der Waals surface area (Å²) in [6.45, 7) is 4.43. The van der Waals surface area contributed by atoms with Gasteiger partial charge in [0, 0.05) is 32.7 Å². The molecule has 0 aliphatic carbocycles. The van der Waals surface area contributed by atoms with Gasteiger partial charge in [0.15, 0.2) is 5.82 Å². The predicted molar refractivity (Wildman–Crippen MR) is 67.6 cm³/mol. The maximum absolute atomic E-state index is 11.8. The quantitative estimate of drug-likeness (QED) is 0.865. The van der Waals surface area contributed by atoms with E-state index in [4.69, 9.17) is 9.26 Å². The molecule has 2 amide bonds. The Balaban J connectivity index is 1.88. The number of nitrogens with zero attached hydrogens (tertiary/aromatic N) is 3. The summed E-state index contributed by atoms with van der Waals surface area (Å²) in [7, 11) is 1.58. The van der Waals surface area contributed by atoms with Gasteiger partial charge < -0.3 is 19.5 Å². The summed E-state index contributed by atoms with van der Waals surface area (Å²) in [5.41, 5.74) is 0. The zero-order valence-corrected chi connectivity index (χ0v) is 11.4. The lowest BCUT2D eigenvalue weighted by Gasteiger charge is -2.16. The molecule has 1 unspecified atom stereocenters. The molecule has 0 saturated carbocycles. The third kappa shape index (κ3) is 3.44. The molecule has 0 aromatic carbocycles. The SMILES string of the molecule is CCCNC(=O)N1CCC(c2noc(COC)n2)C1. The van der Waals surface area contributed by atoms with Crippen molar-refractivity contribution in [1.82, 2.24) is 20.4 Å². The van der Waals surface area contributed by atoms with Gasteiger partial charge in [0.2, 0.25) is 0 Å². The number of carbonyl (C=O) groups is 1. The van der Waals surface area contributed by atoms with E-state index >= 15 is 0 Å². The van der Waals surface area contributed by atoms with Gasteiger partial charge in [-0.25, -0.2) is 4.79 Å². The van der Waals surface area contributed by atoms with E-state index in [1.165, 1.54) is 0 Å². The Hall–Kier alpha value is -1.63. The maximum Gasteiger partial charge on any atom is 0.317 e. The van der Waals surface area contributed by atoms with Crippen LogP contribution in [0.5, 0.6) is 0 Å². The molecular weight excluding hydrogens is 248 g/mol. The lowest BCUT2D eigenvalue weighted by atomic mass is 10.1. The van der Waals surface area contributed by atoms with Crippen LogP contribution in [0.25, 0.3) is 0 Å². The molecule has 1 aliphatic rings. The average Bonchev–Trinajstić information content (AvgIpc) is 3.04. The number of likely N-dealkylation sites (tertiary alicyclic amines) is 1. The van der Waals surface area contributed by atoms with Gasteiger partial charge in [-0.3, -0.25) is 0 Å². The second-order valence-electron chi connectivity index (χ2n) is 4.64. The Labute approximate surface area is 112 Å². The number of urea groups is 1. The number of hydrogen-bond acceptors (Lipinski definition) is 5. The molecule has 0 spiro atoms. The number of aromatic nitrogens is 2. The van der Waals surface area contributed by atoms with Gasteiger partial charge >= 0.3 is 6.03 Å². The van der Waals surface area contributed by atoms with Crippen LogP contribution in [0.3, 0.4) is 0 Å². The molecule has 1 aliphatic heterocycles. The Bertz CT molecular complexity index is 421. The standard InChI is InChI=1S/C12H20N4O3/c1-3-5-13-12(17)16-6-4-9(7-16)11-14-10(8-18-2)19-15-11/h9H,3-8H2,1-2H3,(H,13,17). The normalized spacial score (nSPS) is 18.8. The summed E-state index contributed by atoms with van der Waals surface area (Å²) in [6.07, 6.45) is 1.81. The molecule has 0 bridgehead atoms. The fraction of sp³-hybridized carbons (Fsp3) is 0.750. The summed E-state index contributed by atoms with van der Waals surface area (Å²) in [5.74, 6) is 1.30. The summed E-state index contributed by atoms with van der Waals surface area (Å²) in [6, 6.07) is -0.00930. The Morgan fingerprint density at radius 1 is 1.63 bits per heavy atom. The first-order chi connectivity index (χ1) is 9.24. The van der Waals surface area contributed by atoms with Crippen molar-refractivity contribution in [2.45, 2.75) is 32.3 Å². The van der Waals surface area contributed by atoms with E-state index in [1.54, 1.807) is 12.0 Å². The van der Waals surface area contributed by atoms with Gasteiger partial charge in [-0.2, -0.15) is 4.98 Å². The number of rotatable bonds is 5. The zero-order valence-electron chi connectivity index (χ0n) is 11.4. The van der Waals surface area contributed by atoms with Crippen molar-refractivity contribution in [1.29, 1.82) is 0 Å². The van der Waals surface area contributed by atoms with Gasteiger partial charge in [-0.1, -0.05) is 12.1 Å². The van der Waals surface area contributed by atoms with E-state index in [0.717, 1.165) is 19.4 Å². The molecule has 1 fully saturated rings. The number of hydrogen-bond donors (Lipinski definition) is 1. The molecule has 1 aromatic heterocycles. The summed E-state index contributed by atoms with van der Waals surface area (Å²) >= 11 is 0. The summed E-state index contributed by atoms with van der Waals surface area (Å²) < 4.78 is 10.0. The molecule has 106 valence electrons. The summed E-state index contributed by atoms with van der Waals surface area (Å²) in [4.78, 5) is 17.9. The van der Waals surface area contributed by atoms with E-state index in [1.807, 2.05) is 6.92 Å². The van der Waals surface area contributed by atoms with Crippen molar-refractivity contribution in [3.8, 4) is 0 Å². The van der Waals surface area contributed by atoms with Crippen LogP contribution in [0.4, 0.5) is 4.79 Å². The van der Waals surface area contributed by atoms with Crippen molar-refractivity contribution in [3.63, 3.8) is 0 Å². The molecule has 0 radical (unpaired) electrons. The molecule has 1 aromatic rings. The second kappa shape index (κ2) is 6.51. The minimum absolute atomic E-state index is 0.00930. The van der Waals surface area contributed by atoms with Crippen molar-refractivity contribution in [3.05, 3.63) is 11.7 Å². The summed E-state index contributed by atoms with van der Waals surface area (Å²) in [5, 5.41) is 6.82. The van der Waals surface area contributed by atoms with E-state index in [2.05, 4.69) is 15.5 Å². The molecule has 1 N–H and O–H groups in total. The Kier molecular flexibility index (Phi) is 4.73. The minimum atomic E-state index is -0.00930. The molecule has 7 heteroatoms. The first kappa shape index (κ1) is 13.8. The van der Waals surface area contributed by atoms with E-state index in [9.17, 15) is 4.79 Å². The van der Waals surface area contributed by atoms with Crippen molar-refractivity contribution in [2.24, 2.45) is 0 Å². The maximum atomic E-state index is 11.8. The van der Waals surface area contributed by atoms with Gasteiger partial charge in [-0.15, -0.1) is 0 Å². The van der Waals surface area contributed by atoms with Crippen LogP contribution in [-0.2, 0) is 11.3 Å². The van der Waals surface area contributed by atoms with Crippen LogP contribution in [0, 0.1) is 0 Å². The molecule has 2 heterocycles. The number of carbonyl (C=O) groups excluding carboxylic acids is 1. The third-order valence-corrected chi connectivity index (χ3v) is 3.12. The van der Waals surface area contributed by atoms with Crippen LogP contribution >= 0.6 is 0 Å². The van der Waals surface area contributed by atoms with E-state index in [-0.39, 0.29) is 11.9 Å². The molecule has 2 rings (SSSR count). The van der Waals surface area contributed by atoms with Crippen molar-refractivity contribution in [2.75, 3.05) is 26.7 Å². The van der Waals surface area contributed by atoms with Crippen LogP contribution in [-0.4, -0.2) is 47.8 Å². The highest BCUT2D eigenvalue weighted by Gasteiger charge is 2.30. The van der Waals surface area contributed by atoms with Crippen LogP contribution < -0.4 is 5.32 Å². The Morgan fingerprint density at radius 2 is 2.47 bits per heavy atom. The minimum Gasteiger partial charge on any atom is -0.375 e. The topological polar surface area (TPSA) is 80.5 Å². The highest BCUT2D eigenvalue weighted by atomic mass is 16.5. The average molecular weight is 268 g/mol. The number of nitrogens with one attached hydrogen (secondary N) is 1. The highest BCUT2D eigenvalue weighted by molar-refractivity contribution is 5.74. The monoisotopic (exact) mass is 268 g/mol. The number of methoxy groups -OCH3 is 1. The lowest BCUT2D eigenvalue weighted by molar-refractivity contribution is 0.151. The first-order valence-corrected chi connectivity index (χ1v) is 6.58. The number of amides is 2. The van der Waals surface area contributed by atoms with Crippen LogP contribution in [0.1, 0.15) is 37.4 Å². The van der Waals surface area contributed by atoms with Gasteiger partial charge in [0.05, 0.1) is 0 Å². The predicted octanol–water partition coefficient (Wildman–Crippen LogP) is 1.12. The molecule has 1 saturated heterocycles. The molecule has 7 nitrogen and oxygen atoms in total. The van der Waals surface area contributed by atoms with Gasteiger partial charge in [0.25, 0.3) is 5.89 Å². The van der Waals surface area contributed by atoms with Crippen LogP contribution in [0.2, 0.25) is 0 Å². The largest absolute Gasteiger partial charge is 0.375 e.